The lowest BCUT2D eigenvalue weighted by molar-refractivity contribution is -0.172. The molecule has 4 atom stereocenters. The van der Waals surface area contributed by atoms with Gasteiger partial charge >= 0.3 is 18.3 Å². The fourth-order valence-corrected chi connectivity index (χ4v) is 2.45. The third-order valence-electron chi connectivity index (χ3n) is 4.22. The summed E-state index contributed by atoms with van der Waals surface area (Å²) < 4.78 is 73.4. The van der Waals surface area contributed by atoms with Crippen LogP contribution in [0, 0.1) is 0 Å². The molecule has 0 rings (SSSR count). The molecular weight excluding hydrogens is 442 g/mol. The number of hydrogen-bond donors (Lipinski definition) is 5. The first-order valence-electron chi connectivity index (χ1n) is 9.00. The molecular formula is C16H24F6N4O5. The van der Waals surface area contributed by atoms with Crippen LogP contribution in [-0.2, 0) is 19.2 Å². The molecule has 8 N–H and O–H groups in total. The van der Waals surface area contributed by atoms with E-state index in [4.69, 9.17) is 22.3 Å². The maximum Gasteiger partial charge on any atom is 0.451 e. The average Bonchev–Trinajstić information content (AvgIpc) is 2.63. The van der Waals surface area contributed by atoms with Gasteiger partial charge in [0.2, 0.25) is 5.91 Å². The number of halogens is 6. The van der Waals surface area contributed by atoms with E-state index in [-0.39, 0.29) is 25.7 Å². The smallest absolute Gasteiger partial charge is 0.451 e. The Labute approximate surface area is 172 Å². The summed E-state index contributed by atoms with van der Waals surface area (Å²) >= 11 is 0. The molecule has 15 heteroatoms. The second kappa shape index (κ2) is 12.0. The zero-order chi connectivity index (χ0) is 24.6. The Hall–Kier alpha value is -2.26. The molecule has 31 heavy (non-hydrogen) atoms. The van der Waals surface area contributed by atoms with Crippen LogP contribution in [0.25, 0.3) is 0 Å². The van der Waals surface area contributed by atoms with Gasteiger partial charge in [-0.1, -0.05) is 0 Å². The monoisotopic (exact) mass is 466 g/mol. The molecule has 2 unspecified atom stereocenters. The summed E-state index contributed by atoms with van der Waals surface area (Å²) in [5.41, 5.74) is 15.8. The molecule has 0 aromatic carbocycles. The lowest BCUT2D eigenvalue weighted by Crippen LogP contribution is -2.48. The number of amides is 1. The molecule has 0 aromatic rings. The van der Waals surface area contributed by atoms with E-state index in [0.29, 0.717) is 0 Å². The maximum atomic E-state index is 12.3. The maximum absolute atomic E-state index is 12.3. The van der Waals surface area contributed by atoms with Crippen LogP contribution in [0.2, 0.25) is 0 Å². The van der Waals surface area contributed by atoms with Crippen molar-refractivity contribution in [2.24, 2.45) is 17.2 Å². The highest BCUT2D eigenvalue weighted by Gasteiger charge is 2.42. The highest BCUT2D eigenvalue weighted by atomic mass is 19.4. The van der Waals surface area contributed by atoms with E-state index >= 15 is 0 Å². The average molecular weight is 466 g/mol. The number of carbonyl (C=O) groups excluding carboxylic acids is 3. The molecule has 0 aliphatic heterocycles. The molecule has 0 aliphatic carbocycles. The number of carboxylic acid groups (broad SMARTS) is 1. The predicted octanol–water partition coefficient (Wildman–Crippen LogP) is 0.141. The van der Waals surface area contributed by atoms with E-state index in [1.165, 1.54) is 0 Å². The Morgan fingerprint density at radius 1 is 0.710 bits per heavy atom. The van der Waals surface area contributed by atoms with Crippen LogP contribution < -0.4 is 22.5 Å². The molecule has 0 spiro atoms. The van der Waals surface area contributed by atoms with Crippen LogP contribution >= 0.6 is 0 Å². The Balaban J connectivity index is 4.53. The Morgan fingerprint density at radius 2 is 1.06 bits per heavy atom. The van der Waals surface area contributed by atoms with Gasteiger partial charge in [-0.2, -0.15) is 26.3 Å². The van der Waals surface area contributed by atoms with E-state index in [2.05, 4.69) is 0 Å². The molecule has 0 fully saturated rings. The Bertz CT molecular complexity index is 655. The van der Waals surface area contributed by atoms with Crippen molar-refractivity contribution >= 4 is 23.4 Å². The summed E-state index contributed by atoms with van der Waals surface area (Å²) in [6.45, 7) is 0. The minimum atomic E-state index is -5.13. The van der Waals surface area contributed by atoms with E-state index in [1.807, 2.05) is 5.32 Å². The fourth-order valence-electron chi connectivity index (χ4n) is 2.45. The third kappa shape index (κ3) is 10.5. The number of carbonyl (C=O) groups is 4. The molecule has 0 aliphatic rings. The standard InChI is InChI=1S/C16H24F6N4O5/c17-15(18,19)11(27)7(23)3-1-5-9(25)13(29)26-10(14(30)31)6-2-4-8(24)12(28)16(20,21)22/h7-10H,1-6,23-25H2,(H,26,29)(H,30,31)/t7?,8?,9-,10-/m0/s1. The second-order valence-electron chi connectivity index (χ2n) is 6.80. The molecule has 0 saturated heterocycles. The van der Waals surface area contributed by atoms with Crippen molar-refractivity contribution in [3.63, 3.8) is 0 Å². The first-order chi connectivity index (χ1) is 14.0. The molecule has 180 valence electrons. The zero-order valence-corrected chi connectivity index (χ0v) is 16.1. The molecule has 9 nitrogen and oxygen atoms in total. The summed E-state index contributed by atoms with van der Waals surface area (Å²) in [6.07, 6.45) is -12.0. The predicted molar refractivity (Wildman–Crippen MR) is 93.3 cm³/mol. The first kappa shape index (κ1) is 28.7. The normalized spacial score (nSPS) is 16.2. The fraction of sp³-hybridized carbons (Fsp3) is 0.750. The number of alkyl halides is 6. The van der Waals surface area contributed by atoms with Gasteiger partial charge in [-0.25, -0.2) is 4.79 Å². The van der Waals surface area contributed by atoms with Crippen LogP contribution in [0.4, 0.5) is 26.3 Å². The molecule has 0 bridgehead atoms. The molecule has 0 aromatic heterocycles. The number of nitrogens with one attached hydrogen (secondary N) is 1. The molecule has 0 saturated carbocycles. The van der Waals surface area contributed by atoms with Gasteiger partial charge in [0.1, 0.15) is 6.04 Å². The van der Waals surface area contributed by atoms with E-state index in [0.717, 1.165) is 0 Å². The number of hydrogen-bond acceptors (Lipinski definition) is 7. The van der Waals surface area contributed by atoms with Crippen molar-refractivity contribution in [3.05, 3.63) is 0 Å². The van der Waals surface area contributed by atoms with Gasteiger partial charge in [0.15, 0.2) is 0 Å². The van der Waals surface area contributed by atoms with Crippen molar-refractivity contribution in [1.29, 1.82) is 0 Å². The quantitative estimate of drug-likeness (QED) is 0.238. The highest BCUT2D eigenvalue weighted by Crippen LogP contribution is 2.20. The van der Waals surface area contributed by atoms with Gasteiger partial charge in [0.05, 0.1) is 18.1 Å². The lowest BCUT2D eigenvalue weighted by Gasteiger charge is -2.19. The molecule has 0 heterocycles. The van der Waals surface area contributed by atoms with Gasteiger partial charge < -0.3 is 27.6 Å². The van der Waals surface area contributed by atoms with Gasteiger partial charge in [-0.3, -0.25) is 14.4 Å². The number of Topliss-reactive ketones (excluding diaryl/α,β-unsaturated/α-hetero) is 2. The number of nitrogens with two attached hydrogens (primary N) is 3. The van der Waals surface area contributed by atoms with Gasteiger partial charge in [-0.05, 0) is 38.5 Å². The zero-order valence-electron chi connectivity index (χ0n) is 16.1. The lowest BCUT2D eigenvalue weighted by atomic mass is 10.0. The number of ketones is 2. The van der Waals surface area contributed by atoms with Crippen LogP contribution in [0.15, 0.2) is 0 Å². The Kier molecular flexibility index (Phi) is 11.1. The van der Waals surface area contributed by atoms with Gasteiger partial charge in [0.25, 0.3) is 11.6 Å². The number of aliphatic carboxylic acids is 1. The third-order valence-corrected chi connectivity index (χ3v) is 4.22. The van der Waals surface area contributed by atoms with Crippen LogP contribution in [0.5, 0.6) is 0 Å². The number of rotatable bonds is 13. The van der Waals surface area contributed by atoms with Gasteiger partial charge in [-0.15, -0.1) is 0 Å². The van der Waals surface area contributed by atoms with Crippen LogP contribution in [-0.4, -0.2) is 65.1 Å². The van der Waals surface area contributed by atoms with Crippen LogP contribution in [0.3, 0.4) is 0 Å². The van der Waals surface area contributed by atoms with E-state index in [1.54, 1.807) is 0 Å². The van der Waals surface area contributed by atoms with Gasteiger partial charge in [0, 0.05) is 0 Å². The minimum Gasteiger partial charge on any atom is -0.480 e. The highest BCUT2D eigenvalue weighted by molar-refractivity contribution is 5.89. The minimum absolute atomic E-state index is 0.135. The number of carboxylic acids is 1. The molecule has 0 radical (unpaired) electrons. The topological polar surface area (TPSA) is 179 Å². The summed E-state index contributed by atoms with van der Waals surface area (Å²) in [5.74, 6) is -6.78. The first-order valence-corrected chi connectivity index (χ1v) is 9.00. The second-order valence-corrected chi connectivity index (χ2v) is 6.80. The molecule has 1 amide bonds. The summed E-state index contributed by atoms with van der Waals surface area (Å²) in [7, 11) is 0. The summed E-state index contributed by atoms with van der Waals surface area (Å²) in [6, 6.07) is -6.58. The van der Waals surface area contributed by atoms with Crippen molar-refractivity contribution in [1.82, 2.24) is 5.32 Å². The van der Waals surface area contributed by atoms with E-state index in [9.17, 15) is 45.5 Å². The van der Waals surface area contributed by atoms with Crippen molar-refractivity contribution in [2.75, 3.05) is 0 Å². The summed E-state index contributed by atoms with van der Waals surface area (Å²) in [4.78, 5) is 45.0. The van der Waals surface area contributed by atoms with E-state index < -0.39 is 72.8 Å². The Morgan fingerprint density at radius 3 is 1.42 bits per heavy atom. The van der Waals surface area contributed by atoms with Crippen molar-refractivity contribution in [3.8, 4) is 0 Å². The van der Waals surface area contributed by atoms with Crippen molar-refractivity contribution in [2.45, 2.75) is 75.0 Å². The van der Waals surface area contributed by atoms with Crippen LogP contribution in [0.1, 0.15) is 38.5 Å². The SMILES string of the molecule is NC(CCC[C@H](NC(=O)[C@@H](N)CCCC(N)C(=O)C(F)(F)F)C(=O)O)C(=O)C(F)(F)F. The summed E-state index contributed by atoms with van der Waals surface area (Å²) in [5, 5.41) is 11.1. The largest absolute Gasteiger partial charge is 0.480 e. The van der Waals surface area contributed by atoms with Crippen molar-refractivity contribution < 1.29 is 50.6 Å².